The summed E-state index contributed by atoms with van der Waals surface area (Å²) in [6.07, 6.45) is 3.86. The fourth-order valence-corrected chi connectivity index (χ4v) is 4.86. The first kappa shape index (κ1) is 24.4. The minimum Gasteiger partial charge on any atom is -0.361 e. The van der Waals surface area contributed by atoms with Gasteiger partial charge in [0, 0.05) is 34.9 Å². The summed E-state index contributed by atoms with van der Waals surface area (Å²) in [5, 5.41) is 4.13. The zero-order valence-corrected chi connectivity index (χ0v) is 20.7. The number of rotatable bonds is 7. The number of aromatic nitrogens is 2. The zero-order chi connectivity index (χ0) is 25.9. The minimum atomic E-state index is -0.658. The third-order valence-electron chi connectivity index (χ3n) is 6.58. The largest absolute Gasteiger partial charge is 0.361 e. The second-order valence-electron chi connectivity index (χ2n) is 9.39. The van der Waals surface area contributed by atoms with Gasteiger partial charge in [-0.1, -0.05) is 48.0 Å². The minimum absolute atomic E-state index is 0.158. The number of fused-ring (bicyclic) bond motifs is 1. The topological polar surface area (TPSA) is 57.8 Å². The molecule has 0 aliphatic heterocycles. The molecule has 5 rings (SSSR count). The molecular formula is C31H27F2N3O. The average molecular weight is 496 g/mol. The number of aryl methyl sites for hydroxylation is 2. The van der Waals surface area contributed by atoms with E-state index in [1.165, 1.54) is 12.1 Å². The van der Waals surface area contributed by atoms with Gasteiger partial charge in [-0.25, -0.2) is 8.78 Å². The summed E-state index contributed by atoms with van der Waals surface area (Å²) in [7, 11) is 0. The molecule has 186 valence electrons. The van der Waals surface area contributed by atoms with Gasteiger partial charge in [0.2, 0.25) is 5.91 Å². The first-order valence-electron chi connectivity index (χ1n) is 12.2. The van der Waals surface area contributed by atoms with E-state index >= 15 is 0 Å². The molecule has 1 atom stereocenters. The number of hydrogen-bond donors (Lipinski definition) is 2. The zero-order valence-electron chi connectivity index (χ0n) is 20.7. The molecule has 6 heteroatoms. The van der Waals surface area contributed by atoms with E-state index in [9.17, 15) is 13.6 Å². The van der Waals surface area contributed by atoms with Crippen LogP contribution in [0.25, 0.3) is 22.0 Å². The van der Waals surface area contributed by atoms with Gasteiger partial charge in [-0.05, 0) is 66.8 Å². The van der Waals surface area contributed by atoms with Crippen LogP contribution < -0.4 is 5.32 Å². The van der Waals surface area contributed by atoms with Gasteiger partial charge < -0.3 is 10.3 Å². The molecule has 5 aromatic rings. The lowest BCUT2D eigenvalue weighted by Gasteiger charge is -2.22. The van der Waals surface area contributed by atoms with Crippen LogP contribution in [0.1, 0.15) is 34.0 Å². The van der Waals surface area contributed by atoms with Crippen molar-refractivity contribution in [2.24, 2.45) is 0 Å². The normalized spacial score (nSPS) is 12.0. The molecule has 37 heavy (non-hydrogen) atoms. The van der Waals surface area contributed by atoms with E-state index in [0.29, 0.717) is 11.3 Å². The molecule has 0 saturated carbocycles. The molecule has 0 radical (unpaired) electrons. The van der Waals surface area contributed by atoms with Crippen LogP contribution in [0.3, 0.4) is 0 Å². The Morgan fingerprint density at radius 2 is 1.73 bits per heavy atom. The van der Waals surface area contributed by atoms with Crippen molar-refractivity contribution in [1.82, 2.24) is 15.3 Å². The number of hydrogen-bond acceptors (Lipinski definition) is 2. The van der Waals surface area contributed by atoms with Crippen LogP contribution >= 0.6 is 0 Å². The number of nitrogens with zero attached hydrogens (tertiary/aromatic N) is 1. The van der Waals surface area contributed by atoms with Crippen molar-refractivity contribution in [3.63, 3.8) is 0 Å². The molecular weight excluding hydrogens is 468 g/mol. The van der Waals surface area contributed by atoms with Crippen molar-refractivity contribution in [3.8, 4) is 11.1 Å². The molecule has 3 aromatic carbocycles. The molecule has 0 spiro atoms. The maximum Gasteiger partial charge on any atom is 0.225 e. The van der Waals surface area contributed by atoms with E-state index in [1.54, 1.807) is 6.20 Å². The van der Waals surface area contributed by atoms with Crippen LogP contribution in [0.4, 0.5) is 8.78 Å². The average Bonchev–Trinajstić information content (AvgIpc) is 3.27. The van der Waals surface area contributed by atoms with Gasteiger partial charge in [-0.15, -0.1) is 0 Å². The predicted octanol–water partition coefficient (Wildman–Crippen LogP) is 6.77. The molecule has 0 bridgehead atoms. The van der Waals surface area contributed by atoms with Gasteiger partial charge in [0.05, 0.1) is 18.2 Å². The van der Waals surface area contributed by atoms with Crippen molar-refractivity contribution >= 4 is 16.8 Å². The van der Waals surface area contributed by atoms with Crippen molar-refractivity contribution in [3.05, 3.63) is 125 Å². The van der Waals surface area contributed by atoms with Crippen LogP contribution in [-0.4, -0.2) is 15.9 Å². The molecule has 4 nitrogen and oxygen atoms in total. The molecule has 0 saturated heterocycles. The van der Waals surface area contributed by atoms with E-state index in [4.69, 9.17) is 0 Å². The van der Waals surface area contributed by atoms with Crippen LogP contribution in [0.15, 0.2) is 85.2 Å². The van der Waals surface area contributed by atoms with E-state index in [1.807, 2.05) is 74.6 Å². The first-order chi connectivity index (χ1) is 17.9. The fourth-order valence-electron chi connectivity index (χ4n) is 4.86. The Balaban J connectivity index is 1.50. The van der Waals surface area contributed by atoms with Gasteiger partial charge in [0.15, 0.2) is 0 Å². The lowest BCUT2D eigenvalue weighted by Crippen LogP contribution is -2.32. The Bertz CT molecular complexity index is 1550. The Labute approximate surface area is 214 Å². The summed E-state index contributed by atoms with van der Waals surface area (Å²) in [5.41, 5.74) is 6.95. The molecule has 0 fully saturated rings. The highest BCUT2D eigenvalue weighted by Crippen LogP contribution is 2.30. The van der Waals surface area contributed by atoms with Crippen LogP contribution in [0.2, 0.25) is 0 Å². The number of carbonyl (C=O) groups excluding carboxylic acids is 1. The Morgan fingerprint density at radius 3 is 2.49 bits per heavy atom. The number of nitrogens with one attached hydrogen (secondary N) is 2. The Kier molecular flexibility index (Phi) is 6.82. The Morgan fingerprint density at radius 1 is 0.973 bits per heavy atom. The molecule has 2 N–H and O–H groups in total. The van der Waals surface area contributed by atoms with E-state index in [-0.39, 0.29) is 18.7 Å². The summed E-state index contributed by atoms with van der Waals surface area (Å²) >= 11 is 0. The molecule has 0 unspecified atom stereocenters. The number of benzene rings is 3. The predicted molar refractivity (Wildman–Crippen MR) is 142 cm³/mol. The lowest BCUT2D eigenvalue weighted by atomic mass is 9.94. The number of pyridine rings is 1. The highest BCUT2D eigenvalue weighted by atomic mass is 19.1. The van der Waals surface area contributed by atoms with Crippen molar-refractivity contribution in [1.29, 1.82) is 0 Å². The number of carbonyl (C=O) groups is 1. The summed E-state index contributed by atoms with van der Waals surface area (Å²) in [4.78, 5) is 21.2. The third-order valence-corrected chi connectivity index (χ3v) is 6.58. The maximum absolute atomic E-state index is 14.0. The summed E-state index contributed by atoms with van der Waals surface area (Å²) in [6.45, 7) is 4.03. The summed E-state index contributed by atoms with van der Waals surface area (Å²) < 4.78 is 28.0. The monoisotopic (exact) mass is 495 g/mol. The maximum atomic E-state index is 14.0. The molecule has 1 amide bonds. The number of H-pyrrole nitrogens is 1. The van der Waals surface area contributed by atoms with Crippen LogP contribution in [0, 0.1) is 25.5 Å². The lowest BCUT2D eigenvalue weighted by molar-refractivity contribution is -0.121. The number of amides is 1. The highest BCUT2D eigenvalue weighted by molar-refractivity contribution is 5.91. The second-order valence-corrected chi connectivity index (χ2v) is 9.39. The van der Waals surface area contributed by atoms with Gasteiger partial charge in [0.25, 0.3) is 0 Å². The van der Waals surface area contributed by atoms with Crippen LogP contribution in [-0.2, 0) is 17.6 Å². The molecule has 0 aliphatic carbocycles. The SMILES string of the molecule is Cc1ccc(-c2cccnc2[C@H](Cc2cc(F)cc(F)c2)NC(=O)Cc2c[nH]c3cccc(C)c23)cc1. The Hall–Kier alpha value is -4.32. The van der Waals surface area contributed by atoms with E-state index in [2.05, 4.69) is 15.3 Å². The summed E-state index contributed by atoms with van der Waals surface area (Å²) in [5.74, 6) is -1.52. The van der Waals surface area contributed by atoms with Gasteiger partial charge in [-0.2, -0.15) is 0 Å². The van der Waals surface area contributed by atoms with E-state index < -0.39 is 17.7 Å². The van der Waals surface area contributed by atoms with E-state index in [0.717, 1.165) is 44.8 Å². The first-order valence-corrected chi connectivity index (χ1v) is 12.2. The van der Waals surface area contributed by atoms with Crippen LogP contribution in [0.5, 0.6) is 0 Å². The summed E-state index contributed by atoms with van der Waals surface area (Å²) in [6, 6.07) is 20.6. The van der Waals surface area contributed by atoms with Crippen molar-refractivity contribution in [2.75, 3.05) is 0 Å². The third kappa shape index (κ3) is 5.43. The highest BCUT2D eigenvalue weighted by Gasteiger charge is 2.22. The second kappa shape index (κ2) is 10.3. The quantitative estimate of drug-likeness (QED) is 0.262. The smallest absolute Gasteiger partial charge is 0.225 e. The van der Waals surface area contributed by atoms with Crippen molar-refractivity contribution in [2.45, 2.75) is 32.7 Å². The standard InChI is InChI=1S/C31H27F2N3O/c1-19-8-10-22(11-9-19)26-6-4-12-34-31(26)28(15-21-13-24(32)17-25(33)14-21)36-29(37)16-23-18-35-27-7-3-5-20(2)30(23)27/h3-14,17-18,28,35H,15-16H2,1-2H3,(H,36,37)/t28-/m0/s1. The fraction of sp³-hybridized carbons (Fsp3) is 0.161. The van der Waals surface area contributed by atoms with Crippen molar-refractivity contribution < 1.29 is 13.6 Å². The molecule has 2 aromatic heterocycles. The van der Waals surface area contributed by atoms with Gasteiger partial charge in [0.1, 0.15) is 11.6 Å². The molecule has 2 heterocycles. The van der Waals surface area contributed by atoms with Gasteiger partial charge >= 0.3 is 0 Å². The molecule has 0 aliphatic rings. The number of halogens is 2. The van der Waals surface area contributed by atoms with Gasteiger partial charge in [-0.3, -0.25) is 9.78 Å². The number of aromatic amines is 1.